The van der Waals surface area contributed by atoms with Crippen LogP contribution in [0.5, 0.6) is 5.75 Å². The fourth-order valence-corrected chi connectivity index (χ4v) is 2.36. The van der Waals surface area contributed by atoms with E-state index < -0.39 is 11.9 Å². The molecular formula is C20H18N4O4. The highest BCUT2D eigenvalue weighted by atomic mass is 16.5. The van der Waals surface area contributed by atoms with Gasteiger partial charge in [0.2, 0.25) is 0 Å². The predicted octanol–water partition coefficient (Wildman–Crippen LogP) is 3.27. The molecule has 2 aromatic carbocycles. The van der Waals surface area contributed by atoms with Crippen molar-refractivity contribution >= 4 is 29.1 Å². The molecule has 1 amide bonds. The predicted molar refractivity (Wildman–Crippen MR) is 104 cm³/mol. The molecule has 8 nitrogen and oxygen atoms in total. The van der Waals surface area contributed by atoms with Crippen LogP contribution in [-0.2, 0) is 4.74 Å². The number of amides is 1. The fourth-order valence-electron chi connectivity index (χ4n) is 2.36. The number of carbonyl (C=O) groups is 2. The fraction of sp³-hybridized carbons (Fsp3) is 0.100. The maximum Gasteiger partial charge on any atom is 0.337 e. The van der Waals surface area contributed by atoms with Crippen molar-refractivity contribution < 1.29 is 19.1 Å². The van der Waals surface area contributed by atoms with E-state index in [1.807, 2.05) is 24.3 Å². The van der Waals surface area contributed by atoms with E-state index in [4.69, 9.17) is 4.74 Å². The Balaban J connectivity index is 1.64. The van der Waals surface area contributed by atoms with Gasteiger partial charge >= 0.3 is 5.97 Å². The van der Waals surface area contributed by atoms with Crippen LogP contribution in [-0.4, -0.2) is 36.1 Å². The van der Waals surface area contributed by atoms with E-state index in [9.17, 15) is 9.59 Å². The monoisotopic (exact) mass is 378 g/mol. The van der Waals surface area contributed by atoms with Crippen molar-refractivity contribution in [1.29, 1.82) is 0 Å². The quantitative estimate of drug-likeness (QED) is 0.635. The molecule has 0 unspecified atom stereocenters. The van der Waals surface area contributed by atoms with Crippen molar-refractivity contribution in [2.24, 2.45) is 0 Å². The zero-order chi connectivity index (χ0) is 19.9. The number of esters is 1. The zero-order valence-electron chi connectivity index (χ0n) is 15.3. The number of ether oxygens (including phenoxy) is 2. The number of carbonyl (C=O) groups excluding carboxylic acids is 2. The summed E-state index contributed by atoms with van der Waals surface area (Å²) in [6, 6.07) is 13.7. The molecule has 1 heterocycles. The summed E-state index contributed by atoms with van der Waals surface area (Å²) >= 11 is 0. The minimum absolute atomic E-state index is 0.160. The number of methoxy groups -OCH3 is 2. The smallest absolute Gasteiger partial charge is 0.337 e. The number of anilines is 3. The van der Waals surface area contributed by atoms with Crippen LogP contribution in [0.1, 0.15) is 20.8 Å². The average molecular weight is 378 g/mol. The zero-order valence-corrected chi connectivity index (χ0v) is 15.3. The Morgan fingerprint density at radius 1 is 0.929 bits per heavy atom. The first-order chi connectivity index (χ1) is 13.6. The van der Waals surface area contributed by atoms with Crippen LogP contribution in [0.3, 0.4) is 0 Å². The Kier molecular flexibility index (Phi) is 5.81. The highest BCUT2D eigenvalue weighted by Gasteiger charge is 2.10. The molecule has 0 radical (unpaired) electrons. The van der Waals surface area contributed by atoms with Crippen LogP contribution >= 0.6 is 0 Å². The molecule has 3 rings (SSSR count). The lowest BCUT2D eigenvalue weighted by atomic mass is 10.2. The number of benzene rings is 2. The average Bonchev–Trinajstić information content (AvgIpc) is 2.74. The van der Waals surface area contributed by atoms with Gasteiger partial charge in [-0.2, -0.15) is 0 Å². The van der Waals surface area contributed by atoms with Gasteiger partial charge in [0, 0.05) is 17.4 Å². The Morgan fingerprint density at radius 2 is 1.71 bits per heavy atom. The third-order valence-electron chi connectivity index (χ3n) is 3.79. The Bertz CT molecular complexity index is 972. The van der Waals surface area contributed by atoms with Crippen molar-refractivity contribution in [3.8, 4) is 5.75 Å². The number of hydrogen-bond donors (Lipinski definition) is 2. The molecule has 3 aromatic rings. The maximum absolute atomic E-state index is 12.3. The lowest BCUT2D eigenvalue weighted by molar-refractivity contribution is 0.0600. The summed E-state index contributed by atoms with van der Waals surface area (Å²) in [5, 5.41) is 5.78. The van der Waals surface area contributed by atoms with Crippen molar-refractivity contribution in [2.45, 2.75) is 0 Å². The molecule has 142 valence electrons. The molecule has 1 aromatic heterocycles. The summed E-state index contributed by atoms with van der Waals surface area (Å²) in [6.45, 7) is 0. The second-order valence-corrected chi connectivity index (χ2v) is 5.67. The molecule has 0 spiro atoms. The van der Waals surface area contributed by atoms with E-state index in [-0.39, 0.29) is 5.69 Å². The molecule has 0 aliphatic carbocycles. The molecule has 0 saturated carbocycles. The van der Waals surface area contributed by atoms with Gasteiger partial charge in [0.05, 0.1) is 32.2 Å². The summed E-state index contributed by atoms with van der Waals surface area (Å²) in [4.78, 5) is 32.1. The second-order valence-electron chi connectivity index (χ2n) is 5.67. The van der Waals surface area contributed by atoms with Crippen molar-refractivity contribution in [3.63, 3.8) is 0 Å². The van der Waals surface area contributed by atoms with E-state index in [1.54, 1.807) is 31.4 Å². The van der Waals surface area contributed by atoms with Crippen molar-refractivity contribution in [1.82, 2.24) is 9.97 Å². The number of nitrogens with zero attached hydrogens (tertiary/aromatic N) is 2. The molecule has 0 aliphatic heterocycles. The number of nitrogens with one attached hydrogen (secondary N) is 2. The van der Waals surface area contributed by atoms with Gasteiger partial charge in [-0.05, 0) is 36.4 Å². The molecule has 0 atom stereocenters. The van der Waals surface area contributed by atoms with Crippen molar-refractivity contribution in [2.75, 3.05) is 24.9 Å². The van der Waals surface area contributed by atoms with E-state index in [2.05, 4.69) is 25.3 Å². The number of hydrogen-bond acceptors (Lipinski definition) is 7. The van der Waals surface area contributed by atoms with Crippen LogP contribution in [0.2, 0.25) is 0 Å². The summed E-state index contributed by atoms with van der Waals surface area (Å²) in [5.41, 5.74) is 1.87. The molecular weight excluding hydrogens is 360 g/mol. The lowest BCUT2D eigenvalue weighted by Gasteiger charge is -2.08. The van der Waals surface area contributed by atoms with Crippen molar-refractivity contribution in [3.05, 3.63) is 72.2 Å². The van der Waals surface area contributed by atoms with Gasteiger partial charge in [0.15, 0.2) is 0 Å². The van der Waals surface area contributed by atoms with Gasteiger partial charge in [0.25, 0.3) is 5.91 Å². The highest BCUT2D eigenvalue weighted by Crippen LogP contribution is 2.20. The SMILES string of the molecule is COC(=O)c1ccc(NC(=O)c2cnc(Nc3cccc(OC)c3)cn2)cc1. The van der Waals surface area contributed by atoms with E-state index in [0.717, 1.165) is 5.69 Å². The van der Waals surface area contributed by atoms with Gasteiger partial charge in [-0.1, -0.05) is 6.07 Å². The molecule has 8 heteroatoms. The first-order valence-corrected chi connectivity index (χ1v) is 8.32. The van der Waals surface area contributed by atoms with Crippen LogP contribution in [0.15, 0.2) is 60.9 Å². The summed E-state index contributed by atoms with van der Waals surface area (Å²) in [6.07, 6.45) is 2.84. The molecule has 0 bridgehead atoms. The Labute approximate surface area is 161 Å². The number of rotatable bonds is 6. The topological polar surface area (TPSA) is 102 Å². The number of aromatic nitrogens is 2. The van der Waals surface area contributed by atoms with Gasteiger partial charge in [-0.3, -0.25) is 4.79 Å². The van der Waals surface area contributed by atoms with Gasteiger partial charge in [-0.15, -0.1) is 0 Å². The first kappa shape index (κ1) is 18.8. The van der Waals surface area contributed by atoms with E-state index in [0.29, 0.717) is 22.8 Å². The van der Waals surface area contributed by atoms with Crippen LogP contribution < -0.4 is 15.4 Å². The van der Waals surface area contributed by atoms with Gasteiger partial charge in [0.1, 0.15) is 17.3 Å². The minimum atomic E-state index is -0.442. The van der Waals surface area contributed by atoms with Gasteiger partial charge < -0.3 is 20.1 Å². The summed E-state index contributed by atoms with van der Waals surface area (Å²) < 4.78 is 9.81. The van der Waals surface area contributed by atoms with Gasteiger partial charge in [-0.25, -0.2) is 14.8 Å². The molecule has 28 heavy (non-hydrogen) atoms. The van der Waals surface area contributed by atoms with E-state index in [1.165, 1.54) is 19.5 Å². The van der Waals surface area contributed by atoms with Crippen LogP contribution in [0, 0.1) is 0 Å². The highest BCUT2D eigenvalue weighted by molar-refractivity contribution is 6.03. The molecule has 0 aliphatic rings. The summed E-state index contributed by atoms with van der Waals surface area (Å²) in [5.74, 6) is 0.355. The normalized spacial score (nSPS) is 10.1. The largest absolute Gasteiger partial charge is 0.497 e. The Hall–Kier alpha value is -3.94. The molecule has 0 fully saturated rings. The standard InChI is InChI=1S/C20H18N4O4/c1-27-16-5-3-4-15(10-16)23-18-12-21-17(11-22-18)19(25)24-14-8-6-13(7-9-14)20(26)28-2/h3-12H,1-2H3,(H,22,23)(H,24,25). The first-order valence-electron chi connectivity index (χ1n) is 8.32. The third kappa shape index (κ3) is 4.61. The lowest BCUT2D eigenvalue weighted by Crippen LogP contribution is -2.14. The van der Waals surface area contributed by atoms with Crippen LogP contribution in [0.25, 0.3) is 0 Å². The Morgan fingerprint density at radius 3 is 2.36 bits per heavy atom. The minimum Gasteiger partial charge on any atom is -0.497 e. The van der Waals surface area contributed by atoms with Crippen LogP contribution in [0.4, 0.5) is 17.2 Å². The molecule has 0 saturated heterocycles. The van der Waals surface area contributed by atoms with E-state index >= 15 is 0 Å². The maximum atomic E-state index is 12.3. The molecule has 2 N–H and O–H groups in total. The summed E-state index contributed by atoms with van der Waals surface area (Å²) in [7, 11) is 2.90. The second kappa shape index (κ2) is 8.63. The third-order valence-corrected chi connectivity index (χ3v) is 3.79.